The van der Waals surface area contributed by atoms with Crippen molar-refractivity contribution in [2.45, 2.75) is 13.0 Å². The number of amides is 1. The molecule has 0 atom stereocenters. The first-order valence-electron chi connectivity index (χ1n) is 6.04. The summed E-state index contributed by atoms with van der Waals surface area (Å²) in [6.45, 7) is 4.22. The van der Waals surface area contributed by atoms with Crippen molar-refractivity contribution in [3.05, 3.63) is 28.8 Å². The highest BCUT2D eigenvalue weighted by Gasteiger charge is 2.23. The van der Waals surface area contributed by atoms with Gasteiger partial charge in [0.2, 0.25) is 5.91 Å². The first-order chi connectivity index (χ1) is 8.58. The second kappa shape index (κ2) is 7.10. The maximum absolute atomic E-state index is 11.9. The predicted molar refractivity (Wildman–Crippen MR) is 81.4 cm³/mol. The standard InChI is InChI=1S/C13H18ClN3O.ClH/c1-9-11(14)4-3-5-12(9)16-13(18)8-17(2)10-6-15-7-10;/h3-5,10,15H,6-8H2,1-2H3,(H,16,18);1H. The molecule has 0 unspecified atom stereocenters. The molecule has 106 valence electrons. The fourth-order valence-electron chi connectivity index (χ4n) is 1.87. The number of likely N-dealkylation sites (N-methyl/N-ethyl adjacent to an activating group) is 1. The molecule has 1 aromatic rings. The Hall–Kier alpha value is -0.810. The molecule has 1 fully saturated rings. The van der Waals surface area contributed by atoms with Crippen LogP contribution in [0.4, 0.5) is 5.69 Å². The second-order valence-electron chi connectivity index (χ2n) is 4.69. The van der Waals surface area contributed by atoms with Gasteiger partial charge in [0.25, 0.3) is 0 Å². The number of rotatable bonds is 4. The summed E-state index contributed by atoms with van der Waals surface area (Å²) in [5.74, 6) is -0.00485. The molecular formula is C13H19Cl2N3O. The molecule has 0 bridgehead atoms. The molecule has 1 heterocycles. The smallest absolute Gasteiger partial charge is 0.238 e. The number of carbonyl (C=O) groups excluding carboxylic acids is 1. The van der Waals surface area contributed by atoms with Crippen LogP contribution in [-0.2, 0) is 4.79 Å². The maximum atomic E-state index is 11.9. The minimum Gasteiger partial charge on any atom is -0.325 e. The van der Waals surface area contributed by atoms with Crippen molar-refractivity contribution < 1.29 is 4.79 Å². The van der Waals surface area contributed by atoms with Gasteiger partial charge in [0.05, 0.1) is 6.54 Å². The van der Waals surface area contributed by atoms with Crippen LogP contribution in [0.2, 0.25) is 5.02 Å². The van der Waals surface area contributed by atoms with Gasteiger partial charge in [0.15, 0.2) is 0 Å². The number of carbonyl (C=O) groups is 1. The Balaban J connectivity index is 0.00000180. The van der Waals surface area contributed by atoms with Crippen molar-refractivity contribution in [2.24, 2.45) is 0 Å². The van der Waals surface area contributed by atoms with Crippen LogP contribution in [-0.4, -0.2) is 43.5 Å². The Morgan fingerprint density at radius 2 is 2.21 bits per heavy atom. The van der Waals surface area contributed by atoms with Crippen molar-refractivity contribution in [1.82, 2.24) is 10.2 Å². The third-order valence-corrected chi connectivity index (χ3v) is 3.73. The van der Waals surface area contributed by atoms with Gasteiger partial charge < -0.3 is 10.6 Å². The van der Waals surface area contributed by atoms with E-state index in [-0.39, 0.29) is 18.3 Å². The molecular weight excluding hydrogens is 285 g/mol. The van der Waals surface area contributed by atoms with E-state index in [2.05, 4.69) is 15.5 Å². The van der Waals surface area contributed by atoms with Crippen molar-refractivity contribution in [3.63, 3.8) is 0 Å². The number of nitrogens with zero attached hydrogens (tertiary/aromatic N) is 1. The molecule has 0 spiro atoms. The average Bonchev–Trinajstić information content (AvgIpc) is 2.22. The zero-order valence-electron chi connectivity index (χ0n) is 11.1. The largest absolute Gasteiger partial charge is 0.325 e. The van der Waals surface area contributed by atoms with Crippen molar-refractivity contribution in [1.29, 1.82) is 0 Å². The minimum absolute atomic E-state index is 0. The minimum atomic E-state index is -0.00485. The monoisotopic (exact) mass is 303 g/mol. The molecule has 1 aliphatic heterocycles. The van der Waals surface area contributed by atoms with Crippen molar-refractivity contribution >= 4 is 35.6 Å². The van der Waals surface area contributed by atoms with E-state index >= 15 is 0 Å². The lowest BCUT2D eigenvalue weighted by molar-refractivity contribution is -0.117. The summed E-state index contributed by atoms with van der Waals surface area (Å²) in [5.41, 5.74) is 1.69. The molecule has 2 rings (SSSR count). The summed E-state index contributed by atoms with van der Waals surface area (Å²) < 4.78 is 0. The molecule has 2 N–H and O–H groups in total. The van der Waals surface area contributed by atoms with Crippen LogP contribution in [0.5, 0.6) is 0 Å². The average molecular weight is 304 g/mol. The van der Waals surface area contributed by atoms with E-state index in [1.807, 2.05) is 32.2 Å². The summed E-state index contributed by atoms with van der Waals surface area (Å²) in [7, 11) is 1.97. The quantitative estimate of drug-likeness (QED) is 0.893. The van der Waals surface area contributed by atoms with Gasteiger partial charge in [-0.15, -0.1) is 12.4 Å². The van der Waals surface area contributed by atoms with Gasteiger partial charge in [0, 0.05) is 29.8 Å². The van der Waals surface area contributed by atoms with E-state index < -0.39 is 0 Å². The molecule has 4 nitrogen and oxygen atoms in total. The van der Waals surface area contributed by atoms with Gasteiger partial charge in [-0.05, 0) is 31.7 Å². The van der Waals surface area contributed by atoms with E-state index in [1.165, 1.54) is 0 Å². The van der Waals surface area contributed by atoms with Gasteiger partial charge in [-0.2, -0.15) is 0 Å². The van der Waals surface area contributed by atoms with Crippen LogP contribution in [0.15, 0.2) is 18.2 Å². The van der Waals surface area contributed by atoms with Gasteiger partial charge in [0.1, 0.15) is 0 Å². The number of anilines is 1. The van der Waals surface area contributed by atoms with Gasteiger partial charge >= 0.3 is 0 Å². The van der Waals surface area contributed by atoms with Crippen LogP contribution in [0.1, 0.15) is 5.56 Å². The molecule has 0 aliphatic carbocycles. The Bertz CT molecular complexity index is 450. The highest BCUT2D eigenvalue weighted by molar-refractivity contribution is 6.31. The molecule has 1 saturated heterocycles. The summed E-state index contributed by atoms with van der Waals surface area (Å²) in [5, 5.41) is 6.76. The van der Waals surface area contributed by atoms with Gasteiger partial charge in [-0.3, -0.25) is 9.69 Å². The fraction of sp³-hybridized carbons (Fsp3) is 0.462. The Morgan fingerprint density at radius 3 is 2.79 bits per heavy atom. The van der Waals surface area contributed by atoms with E-state index in [0.29, 0.717) is 17.6 Å². The lowest BCUT2D eigenvalue weighted by atomic mass is 10.1. The van der Waals surface area contributed by atoms with E-state index in [0.717, 1.165) is 24.3 Å². The summed E-state index contributed by atoms with van der Waals surface area (Å²) in [4.78, 5) is 14.0. The second-order valence-corrected chi connectivity index (χ2v) is 5.09. The van der Waals surface area contributed by atoms with Crippen LogP contribution < -0.4 is 10.6 Å². The topological polar surface area (TPSA) is 44.4 Å². The molecule has 19 heavy (non-hydrogen) atoms. The molecule has 6 heteroatoms. The third kappa shape index (κ3) is 4.08. The number of halogens is 2. The lowest BCUT2D eigenvalue weighted by Gasteiger charge is -2.35. The van der Waals surface area contributed by atoms with Gasteiger partial charge in [-0.1, -0.05) is 17.7 Å². The normalized spacial score (nSPS) is 14.7. The number of hydrogen-bond acceptors (Lipinski definition) is 3. The molecule has 1 aromatic carbocycles. The van der Waals surface area contributed by atoms with Crippen molar-refractivity contribution in [2.75, 3.05) is 32.0 Å². The maximum Gasteiger partial charge on any atom is 0.238 e. The highest BCUT2D eigenvalue weighted by atomic mass is 35.5. The molecule has 1 aliphatic rings. The van der Waals surface area contributed by atoms with Gasteiger partial charge in [-0.25, -0.2) is 0 Å². The summed E-state index contributed by atoms with van der Waals surface area (Å²) >= 11 is 6.02. The zero-order chi connectivity index (χ0) is 13.1. The molecule has 1 amide bonds. The summed E-state index contributed by atoms with van der Waals surface area (Å²) in [6, 6.07) is 5.99. The number of nitrogens with one attached hydrogen (secondary N) is 2. The van der Waals surface area contributed by atoms with Crippen LogP contribution >= 0.6 is 24.0 Å². The van der Waals surface area contributed by atoms with Crippen LogP contribution in [0.25, 0.3) is 0 Å². The van der Waals surface area contributed by atoms with E-state index in [9.17, 15) is 4.79 Å². The Kier molecular flexibility index (Phi) is 6.07. The van der Waals surface area contributed by atoms with E-state index in [4.69, 9.17) is 11.6 Å². The third-order valence-electron chi connectivity index (χ3n) is 3.32. The highest BCUT2D eigenvalue weighted by Crippen LogP contribution is 2.22. The first kappa shape index (κ1) is 16.2. The Morgan fingerprint density at radius 1 is 1.53 bits per heavy atom. The Labute approximate surface area is 124 Å². The summed E-state index contributed by atoms with van der Waals surface area (Å²) in [6.07, 6.45) is 0. The first-order valence-corrected chi connectivity index (χ1v) is 6.41. The lowest BCUT2D eigenvalue weighted by Crippen LogP contribution is -2.57. The molecule has 0 aromatic heterocycles. The number of benzene rings is 1. The van der Waals surface area contributed by atoms with Crippen molar-refractivity contribution in [3.8, 4) is 0 Å². The predicted octanol–water partition coefficient (Wildman–Crippen LogP) is 1.91. The SMILES string of the molecule is Cc1c(Cl)cccc1NC(=O)CN(C)C1CNC1.Cl. The fourth-order valence-corrected chi connectivity index (χ4v) is 2.05. The van der Waals surface area contributed by atoms with E-state index in [1.54, 1.807) is 0 Å². The molecule has 0 radical (unpaired) electrons. The number of hydrogen-bond donors (Lipinski definition) is 2. The molecule has 0 saturated carbocycles. The zero-order valence-corrected chi connectivity index (χ0v) is 12.6. The van der Waals surface area contributed by atoms with Crippen LogP contribution in [0.3, 0.4) is 0 Å². The van der Waals surface area contributed by atoms with Crippen LogP contribution in [0, 0.1) is 6.92 Å².